The van der Waals surface area contributed by atoms with Crippen LogP contribution in [-0.2, 0) is 0 Å². The second-order valence-electron chi connectivity index (χ2n) is 6.97. The fraction of sp³-hybridized carbons (Fsp3) is 0.250. The first-order chi connectivity index (χ1) is 12.1. The molecule has 1 aromatic carbocycles. The van der Waals surface area contributed by atoms with Gasteiger partial charge in [0, 0.05) is 28.7 Å². The van der Waals surface area contributed by atoms with Crippen LogP contribution in [0, 0.1) is 10.7 Å². The Hall–Kier alpha value is -2.82. The van der Waals surface area contributed by atoms with E-state index in [9.17, 15) is 9.30 Å². The van der Waals surface area contributed by atoms with E-state index in [0.717, 1.165) is 57.7 Å². The first-order valence-corrected chi connectivity index (χ1v) is 8.52. The molecular weight excluding hydrogens is 317 g/mol. The Morgan fingerprint density at radius 2 is 2.12 bits per heavy atom. The molecule has 0 saturated heterocycles. The number of rotatable bonds is 1. The summed E-state index contributed by atoms with van der Waals surface area (Å²) < 4.78 is 14.5. The molecule has 1 spiro atoms. The zero-order valence-corrected chi connectivity index (χ0v) is 13.6. The van der Waals surface area contributed by atoms with Crippen molar-refractivity contribution in [2.75, 3.05) is 5.73 Å². The number of nitrogens with zero attached hydrogens (tertiary/aromatic N) is 2. The maximum atomic E-state index is 13.5. The van der Waals surface area contributed by atoms with Gasteiger partial charge < -0.3 is 5.73 Å². The van der Waals surface area contributed by atoms with Crippen molar-refractivity contribution in [2.24, 2.45) is 4.99 Å². The average Bonchev–Trinajstić information content (AvgIpc) is 3.15. The largest absolute Gasteiger partial charge is 0.396 e. The number of halogens is 1. The molecule has 0 radical (unpaired) electrons. The Kier molecular flexibility index (Phi) is 2.82. The van der Waals surface area contributed by atoms with Crippen molar-refractivity contribution in [2.45, 2.75) is 31.2 Å². The van der Waals surface area contributed by atoms with Crippen LogP contribution in [0.25, 0.3) is 5.57 Å². The Labute approximate surface area is 144 Å². The quantitative estimate of drug-likeness (QED) is 0.622. The van der Waals surface area contributed by atoms with Gasteiger partial charge in [0.1, 0.15) is 5.82 Å². The highest BCUT2D eigenvalue weighted by Crippen LogP contribution is 2.51. The van der Waals surface area contributed by atoms with Crippen molar-refractivity contribution in [3.05, 3.63) is 75.8 Å². The van der Waals surface area contributed by atoms with Crippen LogP contribution in [0.5, 0.6) is 0 Å². The molecule has 5 rings (SSSR count). The van der Waals surface area contributed by atoms with Crippen LogP contribution in [0.4, 0.5) is 10.1 Å². The number of fused-ring (bicyclic) bond motifs is 1. The van der Waals surface area contributed by atoms with Crippen molar-refractivity contribution in [1.29, 1.82) is 0 Å². The molecule has 1 atom stereocenters. The molecule has 4 aliphatic rings. The second kappa shape index (κ2) is 4.85. The number of nitrogens with two attached hydrogens (primary N) is 1. The maximum absolute atomic E-state index is 13.5. The van der Waals surface area contributed by atoms with E-state index in [1.165, 1.54) is 6.07 Å². The average molecular weight is 334 g/mol. The van der Waals surface area contributed by atoms with Crippen molar-refractivity contribution in [3.8, 4) is 0 Å². The van der Waals surface area contributed by atoms with Crippen LogP contribution >= 0.6 is 0 Å². The highest BCUT2D eigenvalue weighted by atomic mass is 19.1. The third-order valence-electron chi connectivity index (χ3n) is 5.56. The van der Waals surface area contributed by atoms with Gasteiger partial charge in [-0.15, -0.1) is 0 Å². The Morgan fingerprint density at radius 3 is 2.96 bits per heavy atom. The number of nitrogen functional groups attached to an aromatic ring is 1. The summed E-state index contributed by atoms with van der Waals surface area (Å²) >= 11 is 0. The smallest absolute Gasteiger partial charge is 0.276 e. The van der Waals surface area contributed by atoms with E-state index < -0.39 is 11.4 Å². The molecule has 0 bridgehead atoms. The van der Waals surface area contributed by atoms with E-state index in [4.69, 9.17) is 10.7 Å². The van der Waals surface area contributed by atoms with Crippen LogP contribution in [-0.4, -0.2) is 16.0 Å². The van der Waals surface area contributed by atoms with Gasteiger partial charge in [-0.25, -0.2) is 4.39 Å². The fourth-order valence-corrected chi connectivity index (χ4v) is 4.40. The van der Waals surface area contributed by atoms with Gasteiger partial charge in [-0.1, -0.05) is 18.2 Å². The summed E-state index contributed by atoms with van der Waals surface area (Å²) in [5.74, 6) is -0.417. The summed E-state index contributed by atoms with van der Waals surface area (Å²) in [6, 6.07) is 4.77. The number of aliphatic imine (C=N–C) groups is 1. The summed E-state index contributed by atoms with van der Waals surface area (Å²) in [7, 11) is 0. The standard InChI is InChI=1S/C20H17FN3O/c21-16-7-5-12(10-17(16)22)13-4-6-14-8-9-24(25)19-15-2-1-3-18(15)23-20(14,19)11-13/h4-10H,1-3,11,22H2/q+1. The SMILES string of the molecule is Nc1cc(C2=CC=C3C=C[N+](=O)C4=C5CCCC5=NC34C2)ccc1F. The number of benzene rings is 1. The van der Waals surface area contributed by atoms with Gasteiger partial charge in [-0.2, -0.15) is 0 Å². The first kappa shape index (κ1) is 14.5. The van der Waals surface area contributed by atoms with Gasteiger partial charge in [0.25, 0.3) is 5.70 Å². The molecule has 124 valence electrons. The zero-order chi connectivity index (χ0) is 17.2. The fourth-order valence-electron chi connectivity index (χ4n) is 4.40. The van der Waals surface area contributed by atoms with Gasteiger partial charge >= 0.3 is 0 Å². The normalized spacial score (nSPS) is 26.8. The van der Waals surface area contributed by atoms with Gasteiger partial charge in [-0.3, -0.25) is 4.99 Å². The molecule has 2 heterocycles. The molecule has 0 aromatic heterocycles. The second-order valence-corrected chi connectivity index (χ2v) is 6.97. The predicted octanol–water partition coefficient (Wildman–Crippen LogP) is 4.06. The third-order valence-corrected chi connectivity index (χ3v) is 5.56. The molecule has 1 fully saturated rings. The molecular formula is C20H17FN3O+. The molecule has 2 aliphatic heterocycles. The summed E-state index contributed by atoms with van der Waals surface area (Å²) in [5.41, 5.74) is 11.1. The first-order valence-electron chi connectivity index (χ1n) is 8.52. The summed E-state index contributed by atoms with van der Waals surface area (Å²) in [6.45, 7) is 0. The molecule has 4 nitrogen and oxygen atoms in total. The minimum Gasteiger partial charge on any atom is -0.396 e. The van der Waals surface area contributed by atoms with Crippen LogP contribution in [0.15, 0.2) is 64.5 Å². The van der Waals surface area contributed by atoms with Crippen molar-refractivity contribution in [1.82, 2.24) is 0 Å². The third kappa shape index (κ3) is 1.89. The van der Waals surface area contributed by atoms with Crippen LogP contribution in [0.2, 0.25) is 0 Å². The summed E-state index contributed by atoms with van der Waals surface area (Å²) in [5, 5.41) is 0. The summed E-state index contributed by atoms with van der Waals surface area (Å²) in [4.78, 5) is 17.6. The number of anilines is 1. The van der Waals surface area contributed by atoms with Crippen LogP contribution in [0.3, 0.4) is 0 Å². The van der Waals surface area contributed by atoms with Crippen molar-refractivity contribution < 1.29 is 9.15 Å². The lowest BCUT2D eigenvalue weighted by Crippen LogP contribution is -2.37. The highest BCUT2D eigenvalue weighted by Gasteiger charge is 2.56. The van der Waals surface area contributed by atoms with E-state index in [0.29, 0.717) is 6.42 Å². The van der Waals surface area contributed by atoms with E-state index in [-0.39, 0.29) is 5.69 Å². The lowest BCUT2D eigenvalue weighted by Gasteiger charge is -2.31. The molecule has 1 aromatic rings. The van der Waals surface area contributed by atoms with E-state index in [1.54, 1.807) is 18.3 Å². The molecule has 2 N–H and O–H groups in total. The maximum Gasteiger partial charge on any atom is 0.276 e. The summed E-state index contributed by atoms with van der Waals surface area (Å²) in [6.07, 6.45) is 11.0. The number of allylic oxidation sites excluding steroid dienone is 3. The molecule has 5 heteroatoms. The minimum absolute atomic E-state index is 0.132. The van der Waals surface area contributed by atoms with Crippen molar-refractivity contribution in [3.63, 3.8) is 0 Å². The van der Waals surface area contributed by atoms with Gasteiger partial charge in [0.05, 0.1) is 10.4 Å². The molecule has 1 unspecified atom stereocenters. The molecule has 25 heavy (non-hydrogen) atoms. The molecule has 2 aliphatic carbocycles. The lowest BCUT2D eigenvalue weighted by atomic mass is 9.74. The number of hydrogen-bond donors (Lipinski definition) is 1. The van der Waals surface area contributed by atoms with E-state index >= 15 is 0 Å². The topological polar surface area (TPSA) is 58.5 Å². The van der Waals surface area contributed by atoms with Gasteiger partial charge in [0.2, 0.25) is 6.20 Å². The number of hydrogen-bond acceptors (Lipinski definition) is 3. The monoisotopic (exact) mass is 334 g/mol. The number of nitroso groups, excluding NO2 is 1. The Morgan fingerprint density at radius 1 is 1.24 bits per heavy atom. The predicted molar refractivity (Wildman–Crippen MR) is 95.3 cm³/mol. The molecule has 1 saturated carbocycles. The minimum atomic E-state index is -0.630. The van der Waals surface area contributed by atoms with Crippen LogP contribution in [0.1, 0.15) is 31.2 Å². The van der Waals surface area contributed by atoms with E-state index in [1.807, 2.05) is 18.2 Å². The van der Waals surface area contributed by atoms with Crippen LogP contribution < -0.4 is 5.73 Å². The Bertz CT molecular complexity index is 996. The van der Waals surface area contributed by atoms with Crippen molar-refractivity contribution >= 4 is 17.0 Å². The zero-order valence-electron chi connectivity index (χ0n) is 13.6. The van der Waals surface area contributed by atoms with Gasteiger partial charge in [0.15, 0.2) is 5.54 Å². The van der Waals surface area contributed by atoms with E-state index in [2.05, 4.69) is 0 Å². The molecule has 0 amide bonds. The highest BCUT2D eigenvalue weighted by molar-refractivity contribution is 6.06. The lowest BCUT2D eigenvalue weighted by molar-refractivity contribution is -0.435. The Balaban J connectivity index is 1.66. The van der Waals surface area contributed by atoms with Gasteiger partial charge in [-0.05, 0) is 48.1 Å².